The molecule has 108 valence electrons. The molecule has 0 aliphatic heterocycles. The van der Waals surface area contributed by atoms with Gasteiger partial charge in [-0.05, 0) is 24.8 Å². The molecular formula is C16H21ClN2O. The molecule has 20 heavy (non-hydrogen) atoms. The molecule has 1 heterocycles. The van der Waals surface area contributed by atoms with Crippen LogP contribution in [0.5, 0.6) is 0 Å². The predicted octanol–water partition coefficient (Wildman–Crippen LogP) is 4.35. The maximum atomic E-state index is 5.71. The van der Waals surface area contributed by atoms with Crippen molar-refractivity contribution >= 4 is 11.6 Å². The first kappa shape index (κ1) is 15.0. The molecule has 1 aromatic heterocycles. The molecule has 0 saturated heterocycles. The van der Waals surface area contributed by atoms with Gasteiger partial charge in [0.25, 0.3) is 0 Å². The molecule has 0 spiro atoms. The molecule has 2 rings (SSSR count). The number of aromatic nitrogens is 2. The highest BCUT2D eigenvalue weighted by molar-refractivity contribution is 6.17. The fraction of sp³-hybridized carbons (Fsp3) is 0.500. The zero-order valence-electron chi connectivity index (χ0n) is 12.1. The van der Waals surface area contributed by atoms with E-state index in [4.69, 9.17) is 16.1 Å². The van der Waals surface area contributed by atoms with Crippen molar-refractivity contribution in [3.63, 3.8) is 0 Å². The lowest BCUT2D eigenvalue weighted by Gasteiger charge is -2.28. The first-order valence-corrected chi connectivity index (χ1v) is 7.74. The number of benzene rings is 1. The highest BCUT2D eigenvalue weighted by atomic mass is 35.5. The predicted molar refractivity (Wildman–Crippen MR) is 81.1 cm³/mol. The topological polar surface area (TPSA) is 38.9 Å². The van der Waals surface area contributed by atoms with E-state index in [0.717, 1.165) is 31.5 Å². The maximum Gasteiger partial charge on any atom is 0.226 e. The summed E-state index contributed by atoms with van der Waals surface area (Å²) in [4.78, 5) is 4.60. The standard InChI is InChI=1S/C16H21ClN2O/c1-3-16(4-2,13-9-6-5-7-10-13)15-18-14(20-19-15)11-8-12-17/h5-7,9-10H,3-4,8,11-12H2,1-2H3. The second kappa shape index (κ2) is 6.89. The summed E-state index contributed by atoms with van der Waals surface area (Å²) in [7, 11) is 0. The summed E-state index contributed by atoms with van der Waals surface area (Å²) in [6, 6.07) is 10.4. The van der Waals surface area contributed by atoms with E-state index < -0.39 is 0 Å². The van der Waals surface area contributed by atoms with E-state index >= 15 is 0 Å². The summed E-state index contributed by atoms with van der Waals surface area (Å²) < 4.78 is 5.38. The second-order valence-corrected chi connectivity index (χ2v) is 5.34. The third kappa shape index (κ3) is 2.88. The largest absolute Gasteiger partial charge is 0.339 e. The Balaban J connectivity index is 2.35. The Hall–Kier alpha value is -1.35. The van der Waals surface area contributed by atoms with Crippen molar-refractivity contribution in [2.45, 2.75) is 44.9 Å². The summed E-state index contributed by atoms with van der Waals surface area (Å²) in [6.07, 6.45) is 3.50. The second-order valence-electron chi connectivity index (χ2n) is 4.96. The quantitative estimate of drug-likeness (QED) is 0.712. The van der Waals surface area contributed by atoms with Crippen LogP contribution in [-0.2, 0) is 11.8 Å². The van der Waals surface area contributed by atoms with Crippen molar-refractivity contribution in [1.82, 2.24) is 10.1 Å². The summed E-state index contributed by atoms with van der Waals surface area (Å²) in [5.41, 5.74) is 1.08. The van der Waals surface area contributed by atoms with Crippen LogP contribution in [0.15, 0.2) is 34.9 Å². The van der Waals surface area contributed by atoms with Crippen LogP contribution in [0.4, 0.5) is 0 Å². The molecule has 0 unspecified atom stereocenters. The van der Waals surface area contributed by atoms with Gasteiger partial charge in [-0.2, -0.15) is 4.98 Å². The van der Waals surface area contributed by atoms with E-state index in [1.807, 2.05) is 6.07 Å². The number of hydrogen-bond acceptors (Lipinski definition) is 3. The number of alkyl halides is 1. The lowest BCUT2D eigenvalue weighted by atomic mass is 9.75. The Morgan fingerprint density at radius 2 is 1.85 bits per heavy atom. The fourth-order valence-corrected chi connectivity index (χ4v) is 2.76. The zero-order chi connectivity index (χ0) is 14.4. The molecule has 0 N–H and O–H groups in total. The minimum atomic E-state index is -0.163. The van der Waals surface area contributed by atoms with E-state index in [2.05, 4.69) is 48.3 Å². The van der Waals surface area contributed by atoms with Crippen LogP contribution in [0.1, 0.15) is 50.4 Å². The van der Waals surface area contributed by atoms with E-state index in [1.54, 1.807) is 0 Å². The van der Waals surface area contributed by atoms with Gasteiger partial charge < -0.3 is 4.52 Å². The first-order chi connectivity index (χ1) is 9.76. The Labute approximate surface area is 125 Å². The molecule has 0 aliphatic carbocycles. The van der Waals surface area contributed by atoms with Gasteiger partial charge in [-0.3, -0.25) is 0 Å². The van der Waals surface area contributed by atoms with Gasteiger partial charge in [-0.15, -0.1) is 11.6 Å². The average molecular weight is 293 g/mol. The Morgan fingerprint density at radius 1 is 1.15 bits per heavy atom. The molecule has 0 bridgehead atoms. The normalized spacial score (nSPS) is 11.8. The van der Waals surface area contributed by atoms with Crippen LogP contribution >= 0.6 is 11.6 Å². The fourth-order valence-electron chi connectivity index (χ4n) is 2.63. The lowest BCUT2D eigenvalue weighted by molar-refractivity contribution is 0.353. The SMILES string of the molecule is CCC(CC)(c1ccccc1)c1noc(CCCCl)n1. The van der Waals surface area contributed by atoms with Crippen molar-refractivity contribution in [2.75, 3.05) is 5.88 Å². The van der Waals surface area contributed by atoms with Crippen LogP contribution in [-0.4, -0.2) is 16.0 Å². The van der Waals surface area contributed by atoms with Gasteiger partial charge in [0.15, 0.2) is 5.82 Å². The van der Waals surface area contributed by atoms with Crippen molar-refractivity contribution in [3.05, 3.63) is 47.6 Å². The molecular weight excluding hydrogens is 272 g/mol. The highest BCUT2D eigenvalue weighted by Gasteiger charge is 2.35. The smallest absolute Gasteiger partial charge is 0.226 e. The van der Waals surface area contributed by atoms with Crippen LogP contribution < -0.4 is 0 Å². The first-order valence-electron chi connectivity index (χ1n) is 7.21. The van der Waals surface area contributed by atoms with Gasteiger partial charge in [0, 0.05) is 12.3 Å². The van der Waals surface area contributed by atoms with Crippen LogP contribution in [0.2, 0.25) is 0 Å². The van der Waals surface area contributed by atoms with Gasteiger partial charge >= 0.3 is 0 Å². The molecule has 3 nitrogen and oxygen atoms in total. The highest BCUT2D eigenvalue weighted by Crippen LogP contribution is 2.36. The van der Waals surface area contributed by atoms with Crippen molar-refractivity contribution in [3.8, 4) is 0 Å². The summed E-state index contributed by atoms with van der Waals surface area (Å²) >= 11 is 5.71. The van der Waals surface area contributed by atoms with E-state index in [-0.39, 0.29) is 5.41 Å². The van der Waals surface area contributed by atoms with Gasteiger partial charge in [0.1, 0.15) is 0 Å². The van der Waals surface area contributed by atoms with Gasteiger partial charge in [-0.1, -0.05) is 49.3 Å². The third-order valence-electron chi connectivity index (χ3n) is 3.95. The van der Waals surface area contributed by atoms with E-state index in [0.29, 0.717) is 11.8 Å². The van der Waals surface area contributed by atoms with Crippen LogP contribution in [0.25, 0.3) is 0 Å². The number of halogens is 1. The number of hydrogen-bond donors (Lipinski definition) is 0. The molecule has 0 fully saturated rings. The molecule has 0 saturated carbocycles. The van der Waals surface area contributed by atoms with Crippen LogP contribution in [0, 0.1) is 0 Å². The van der Waals surface area contributed by atoms with Gasteiger partial charge in [0.2, 0.25) is 5.89 Å². The molecule has 4 heteroatoms. The Kier molecular flexibility index (Phi) is 5.18. The molecule has 0 atom stereocenters. The molecule has 2 aromatic rings. The van der Waals surface area contributed by atoms with Crippen LogP contribution in [0.3, 0.4) is 0 Å². The average Bonchev–Trinajstić information content (AvgIpc) is 2.97. The van der Waals surface area contributed by atoms with E-state index in [9.17, 15) is 0 Å². The van der Waals surface area contributed by atoms with Gasteiger partial charge in [-0.25, -0.2) is 0 Å². The minimum absolute atomic E-state index is 0.163. The molecule has 0 amide bonds. The summed E-state index contributed by atoms with van der Waals surface area (Å²) in [5.74, 6) is 2.09. The number of aryl methyl sites for hydroxylation is 1. The lowest BCUT2D eigenvalue weighted by Crippen LogP contribution is -2.27. The van der Waals surface area contributed by atoms with Crippen molar-refractivity contribution < 1.29 is 4.52 Å². The van der Waals surface area contributed by atoms with E-state index in [1.165, 1.54) is 5.56 Å². The number of nitrogens with zero attached hydrogens (tertiary/aromatic N) is 2. The molecule has 1 aromatic carbocycles. The molecule has 0 radical (unpaired) electrons. The van der Waals surface area contributed by atoms with Crippen molar-refractivity contribution in [2.24, 2.45) is 0 Å². The van der Waals surface area contributed by atoms with Gasteiger partial charge in [0.05, 0.1) is 5.41 Å². The Bertz CT molecular complexity index is 520. The monoisotopic (exact) mass is 292 g/mol. The minimum Gasteiger partial charge on any atom is -0.339 e. The molecule has 0 aliphatic rings. The summed E-state index contributed by atoms with van der Waals surface area (Å²) in [6.45, 7) is 4.34. The van der Waals surface area contributed by atoms with Crippen molar-refractivity contribution in [1.29, 1.82) is 0 Å². The zero-order valence-corrected chi connectivity index (χ0v) is 12.9. The Morgan fingerprint density at radius 3 is 2.45 bits per heavy atom. The summed E-state index contributed by atoms with van der Waals surface area (Å²) in [5, 5.41) is 4.23. The maximum absolute atomic E-state index is 5.71. The third-order valence-corrected chi connectivity index (χ3v) is 4.22. The number of rotatable bonds is 7.